The van der Waals surface area contributed by atoms with Crippen molar-refractivity contribution in [1.29, 1.82) is 5.26 Å². The monoisotopic (exact) mass is 312 g/mol. The minimum atomic E-state index is -0.366. The molecule has 3 heterocycles. The lowest BCUT2D eigenvalue weighted by atomic mass is 9.86. The highest BCUT2D eigenvalue weighted by atomic mass is 15.3. The minimum Gasteiger partial charge on any atom is -0.356 e. The van der Waals surface area contributed by atoms with Crippen molar-refractivity contribution in [3.8, 4) is 6.07 Å². The molecule has 0 unspecified atom stereocenters. The van der Waals surface area contributed by atoms with Crippen molar-refractivity contribution in [2.75, 3.05) is 23.3 Å². The van der Waals surface area contributed by atoms with Crippen molar-refractivity contribution in [3.63, 3.8) is 0 Å². The van der Waals surface area contributed by atoms with E-state index in [2.05, 4.69) is 31.4 Å². The third-order valence-corrected chi connectivity index (χ3v) is 4.12. The first-order valence-corrected chi connectivity index (χ1v) is 7.57. The Kier molecular flexibility index (Phi) is 4.12. The van der Waals surface area contributed by atoms with Crippen LogP contribution < -0.4 is 16.0 Å². The third kappa shape index (κ3) is 3.57. The Morgan fingerprint density at radius 3 is 2.87 bits per heavy atom. The van der Waals surface area contributed by atoms with Crippen molar-refractivity contribution in [2.45, 2.75) is 24.8 Å². The quantitative estimate of drug-likeness (QED) is 0.872. The molecule has 1 aliphatic heterocycles. The Morgan fingerprint density at radius 1 is 1.43 bits per heavy atom. The van der Waals surface area contributed by atoms with Crippen LogP contribution in [0.25, 0.3) is 0 Å². The van der Waals surface area contributed by atoms with Gasteiger partial charge in [-0.15, -0.1) is 0 Å². The number of piperidine rings is 1. The van der Waals surface area contributed by atoms with Gasteiger partial charge in [-0.05, 0) is 18.9 Å². The number of rotatable bonds is 4. The number of nitriles is 1. The van der Waals surface area contributed by atoms with Crippen LogP contribution in [0.1, 0.15) is 19.3 Å². The fourth-order valence-electron chi connectivity index (χ4n) is 2.72. The Morgan fingerprint density at radius 2 is 2.22 bits per heavy atom. The Labute approximate surface area is 134 Å². The highest BCUT2D eigenvalue weighted by Crippen LogP contribution is 2.26. The largest absolute Gasteiger partial charge is 0.356 e. The topological polar surface area (TPSA) is 109 Å². The molecule has 0 radical (unpaired) electrons. The van der Waals surface area contributed by atoms with Crippen molar-refractivity contribution in [2.24, 2.45) is 12.8 Å². The van der Waals surface area contributed by atoms with E-state index < -0.39 is 0 Å². The molecule has 1 aliphatic rings. The summed E-state index contributed by atoms with van der Waals surface area (Å²) in [5.41, 5.74) is 6.72. The zero-order chi connectivity index (χ0) is 16.3. The zero-order valence-corrected chi connectivity index (χ0v) is 13.1. The molecule has 23 heavy (non-hydrogen) atoms. The van der Waals surface area contributed by atoms with E-state index in [-0.39, 0.29) is 5.54 Å². The summed E-state index contributed by atoms with van der Waals surface area (Å²) in [4.78, 5) is 11.0. The van der Waals surface area contributed by atoms with Gasteiger partial charge in [-0.2, -0.15) is 15.3 Å². The molecule has 1 fully saturated rings. The van der Waals surface area contributed by atoms with E-state index >= 15 is 0 Å². The van der Waals surface area contributed by atoms with E-state index in [1.165, 1.54) is 0 Å². The van der Waals surface area contributed by atoms with E-state index in [4.69, 9.17) is 11.0 Å². The van der Waals surface area contributed by atoms with Gasteiger partial charge in [0.1, 0.15) is 5.82 Å². The Hall–Kier alpha value is -2.66. The lowest BCUT2D eigenvalue weighted by Gasteiger charge is -2.38. The summed E-state index contributed by atoms with van der Waals surface area (Å²) in [5.74, 6) is 1.41. The van der Waals surface area contributed by atoms with Gasteiger partial charge in [0.15, 0.2) is 0 Å². The van der Waals surface area contributed by atoms with Gasteiger partial charge in [0.25, 0.3) is 0 Å². The molecule has 0 atom stereocenters. The number of hydrogen-bond donors (Lipinski definition) is 2. The molecule has 0 spiro atoms. The lowest BCUT2D eigenvalue weighted by molar-refractivity contribution is 0.338. The molecule has 120 valence electrons. The molecule has 0 bridgehead atoms. The van der Waals surface area contributed by atoms with Gasteiger partial charge in [-0.3, -0.25) is 4.68 Å². The van der Waals surface area contributed by atoms with E-state index in [0.29, 0.717) is 12.4 Å². The average Bonchev–Trinajstić information content (AvgIpc) is 2.93. The zero-order valence-electron chi connectivity index (χ0n) is 13.1. The summed E-state index contributed by atoms with van der Waals surface area (Å²) >= 11 is 0. The van der Waals surface area contributed by atoms with Crippen LogP contribution in [0.15, 0.2) is 24.7 Å². The van der Waals surface area contributed by atoms with Gasteiger partial charge in [-0.25, -0.2) is 4.98 Å². The molecule has 8 heteroatoms. The van der Waals surface area contributed by atoms with Gasteiger partial charge in [0, 0.05) is 38.1 Å². The highest BCUT2D eigenvalue weighted by molar-refractivity contribution is 5.53. The normalized spacial score (nSPS) is 16.8. The van der Waals surface area contributed by atoms with Gasteiger partial charge < -0.3 is 16.0 Å². The van der Waals surface area contributed by atoms with E-state index in [0.717, 1.165) is 37.4 Å². The molecule has 0 saturated carbocycles. The lowest BCUT2D eigenvalue weighted by Crippen LogP contribution is -2.50. The molecule has 1 saturated heterocycles. The third-order valence-electron chi connectivity index (χ3n) is 4.12. The molecular formula is C15H20N8. The van der Waals surface area contributed by atoms with Crippen LogP contribution in [-0.2, 0) is 7.05 Å². The van der Waals surface area contributed by atoms with Crippen LogP contribution in [0.5, 0.6) is 0 Å². The number of aromatic nitrogens is 4. The smallest absolute Gasteiger partial charge is 0.229 e. The van der Waals surface area contributed by atoms with Crippen molar-refractivity contribution in [3.05, 3.63) is 24.7 Å². The fourth-order valence-corrected chi connectivity index (χ4v) is 2.72. The Balaban J connectivity index is 1.67. The molecule has 2 aromatic heterocycles. The van der Waals surface area contributed by atoms with Gasteiger partial charge in [-0.1, -0.05) is 0 Å². The number of anilines is 3. The maximum Gasteiger partial charge on any atom is 0.229 e. The van der Waals surface area contributed by atoms with Crippen LogP contribution in [-0.4, -0.2) is 38.4 Å². The van der Waals surface area contributed by atoms with Crippen LogP contribution in [0, 0.1) is 11.3 Å². The summed E-state index contributed by atoms with van der Waals surface area (Å²) in [6, 6.07) is 4.07. The molecule has 2 aromatic rings. The maximum atomic E-state index is 8.87. The van der Waals surface area contributed by atoms with Crippen molar-refractivity contribution >= 4 is 17.5 Å². The predicted molar refractivity (Wildman–Crippen MR) is 87.1 cm³/mol. The number of nitrogens with two attached hydrogens (primary N) is 1. The van der Waals surface area contributed by atoms with Crippen LogP contribution in [0.2, 0.25) is 0 Å². The predicted octanol–water partition coefficient (Wildman–Crippen LogP) is 1.17. The molecule has 3 N–H and O–H groups in total. The van der Waals surface area contributed by atoms with E-state index in [1.807, 2.05) is 19.3 Å². The SMILES string of the molecule is Cn1cc(Nc2nccc(N3CCC(N)(CC#N)CC3)n2)cn1. The second-order valence-corrected chi connectivity index (χ2v) is 5.95. The van der Waals surface area contributed by atoms with Gasteiger partial charge in [0.05, 0.1) is 24.4 Å². The van der Waals surface area contributed by atoms with Crippen LogP contribution in [0.4, 0.5) is 17.5 Å². The molecular weight excluding hydrogens is 292 g/mol. The summed E-state index contributed by atoms with van der Waals surface area (Å²) in [7, 11) is 1.86. The number of nitrogens with zero attached hydrogens (tertiary/aromatic N) is 6. The standard InChI is InChI=1S/C15H20N8/c1-22-11-12(10-19-22)20-14-18-7-2-13(21-14)23-8-4-15(17,3-6-16)5-9-23/h2,7,10-11H,3-5,8-9,17H2,1H3,(H,18,20,21). The number of nitrogens with one attached hydrogen (secondary N) is 1. The summed E-state index contributed by atoms with van der Waals surface area (Å²) < 4.78 is 1.72. The summed E-state index contributed by atoms with van der Waals surface area (Å²) in [6.07, 6.45) is 7.30. The maximum absolute atomic E-state index is 8.87. The van der Waals surface area contributed by atoms with Crippen molar-refractivity contribution in [1.82, 2.24) is 19.7 Å². The summed E-state index contributed by atoms with van der Waals surface area (Å²) in [6.45, 7) is 1.59. The molecule has 0 amide bonds. The summed E-state index contributed by atoms with van der Waals surface area (Å²) in [5, 5.41) is 16.1. The highest BCUT2D eigenvalue weighted by Gasteiger charge is 2.31. The fraction of sp³-hybridized carbons (Fsp3) is 0.467. The number of aryl methyl sites for hydroxylation is 1. The second-order valence-electron chi connectivity index (χ2n) is 5.95. The van der Waals surface area contributed by atoms with Crippen molar-refractivity contribution < 1.29 is 0 Å². The van der Waals surface area contributed by atoms with Gasteiger partial charge >= 0.3 is 0 Å². The molecule has 0 aliphatic carbocycles. The molecule has 0 aromatic carbocycles. The average molecular weight is 312 g/mol. The minimum absolute atomic E-state index is 0.366. The first kappa shape index (κ1) is 15.2. The molecule has 3 rings (SSSR count). The number of hydrogen-bond acceptors (Lipinski definition) is 7. The van der Waals surface area contributed by atoms with E-state index in [9.17, 15) is 0 Å². The molecule has 8 nitrogen and oxygen atoms in total. The van der Waals surface area contributed by atoms with Gasteiger partial charge in [0.2, 0.25) is 5.95 Å². The van der Waals surface area contributed by atoms with E-state index in [1.54, 1.807) is 17.1 Å². The first-order chi connectivity index (χ1) is 11.1. The second kappa shape index (κ2) is 6.22. The van der Waals surface area contributed by atoms with Crippen LogP contribution in [0.3, 0.4) is 0 Å². The van der Waals surface area contributed by atoms with Crippen LogP contribution >= 0.6 is 0 Å². The first-order valence-electron chi connectivity index (χ1n) is 7.57. The Bertz CT molecular complexity index is 708.